The Morgan fingerprint density at radius 3 is 2.50 bits per heavy atom. The number of nitrogens with zero attached hydrogens (tertiary/aromatic N) is 3. The number of carbonyl (C=O) groups excluding carboxylic acids is 1. The third-order valence-corrected chi connectivity index (χ3v) is 5.99. The first-order valence-electron chi connectivity index (χ1n) is 8.79. The SMILES string of the molecule is Cc1c(C(=O)O)cnn1C1CCN(C(=O)C2CC3C=CC2C3)CC1. The van der Waals surface area contributed by atoms with Crippen molar-refractivity contribution in [3.63, 3.8) is 0 Å². The summed E-state index contributed by atoms with van der Waals surface area (Å²) in [6.45, 7) is 3.28. The third-order valence-electron chi connectivity index (χ3n) is 5.99. The summed E-state index contributed by atoms with van der Waals surface area (Å²) in [5, 5.41) is 13.4. The van der Waals surface area contributed by atoms with Gasteiger partial charge in [-0.3, -0.25) is 9.48 Å². The number of amides is 1. The van der Waals surface area contributed by atoms with Gasteiger partial charge in [-0.2, -0.15) is 5.10 Å². The van der Waals surface area contributed by atoms with Gasteiger partial charge in [0.05, 0.1) is 17.9 Å². The first-order chi connectivity index (χ1) is 11.5. The molecule has 3 atom stereocenters. The van der Waals surface area contributed by atoms with Crippen molar-refractivity contribution in [2.75, 3.05) is 13.1 Å². The van der Waals surface area contributed by atoms with Crippen molar-refractivity contribution in [2.24, 2.45) is 17.8 Å². The molecule has 6 heteroatoms. The smallest absolute Gasteiger partial charge is 0.339 e. The summed E-state index contributed by atoms with van der Waals surface area (Å²) in [6, 6.07) is 0.182. The van der Waals surface area contributed by atoms with Gasteiger partial charge in [0.1, 0.15) is 5.56 Å². The number of carboxylic acids is 1. The van der Waals surface area contributed by atoms with Gasteiger partial charge < -0.3 is 10.0 Å². The van der Waals surface area contributed by atoms with Crippen molar-refractivity contribution < 1.29 is 14.7 Å². The fraction of sp³-hybridized carbons (Fsp3) is 0.611. The van der Waals surface area contributed by atoms with E-state index in [0.717, 1.165) is 38.8 Å². The number of likely N-dealkylation sites (tertiary alicyclic amines) is 1. The average Bonchev–Trinajstić information content (AvgIpc) is 3.29. The van der Waals surface area contributed by atoms with E-state index in [-0.39, 0.29) is 17.5 Å². The molecule has 1 aromatic heterocycles. The van der Waals surface area contributed by atoms with Crippen LogP contribution in [-0.2, 0) is 4.79 Å². The average molecular weight is 329 g/mol. The minimum atomic E-state index is -0.935. The number of aromatic carboxylic acids is 1. The molecular formula is C18H23N3O3. The summed E-state index contributed by atoms with van der Waals surface area (Å²) in [6.07, 6.45) is 9.76. The highest BCUT2D eigenvalue weighted by atomic mass is 16.4. The van der Waals surface area contributed by atoms with Crippen molar-refractivity contribution in [3.8, 4) is 0 Å². The van der Waals surface area contributed by atoms with Gasteiger partial charge in [0.25, 0.3) is 0 Å². The summed E-state index contributed by atoms with van der Waals surface area (Å²) in [4.78, 5) is 25.9. The first kappa shape index (κ1) is 15.4. The first-order valence-corrected chi connectivity index (χ1v) is 8.79. The van der Waals surface area contributed by atoms with Gasteiger partial charge in [0, 0.05) is 19.0 Å². The van der Waals surface area contributed by atoms with Gasteiger partial charge in [-0.1, -0.05) is 12.2 Å². The lowest BCUT2D eigenvalue weighted by Crippen LogP contribution is -2.43. The molecule has 6 nitrogen and oxygen atoms in total. The van der Waals surface area contributed by atoms with Gasteiger partial charge in [-0.15, -0.1) is 0 Å². The molecule has 0 radical (unpaired) electrons. The van der Waals surface area contributed by atoms with Crippen LogP contribution in [0.3, 0.4) is 0 Å². The van der Waals surface area contributed by atoms with Crippen LogP contribution in [0.15, 0.2) is 18.3 Å². The van der Waals surface area contributed by atoms with Gasteiger partial charge in [0.15, 0.2) is 0 Å². The highest BCUT2D eigenvalue weighted by Gasteiger charge is 2.42. The second kappa shape index (κ2) is 5.76. The van der Waals surface area contributed by atoms with E-state index in [1.54, 1.807) is 6.92 Å². The number of aromatic nitrogens is 2. The van der Waals surface area contributed by atoms with Gasteiger partial charge in [-0.05, 0) is 44.4 Å². The molecule has 24 heavy (non-hydrogen) atoms. The molecule has 2 fully saturated rings. The zero-order valence-corrected chi connectivity index (χ0v) is 13.9. The number of carbonyl (C=O) groups is 2. The van der Waals surface area contributed by atoms with E-state index in [1.165, 1.54) is 6.20 Å². The van der Waals surface area contributed by atoms with E-state index in [1.807, 2.05) is 9.58 Å². The fourth-order valence-corrected chi connectivity index (χ4v) is 4.63. The Morgan fingerprint density at radius 2 is 1.96 bits per heavy atom. The summed E-state index contributed by atoms with van der Waals surface area (Å²) in [5.74, 6) is 0.625. The summed E-state index contributed by atoms with van der Waals surface area (Å²) in [7, 11) is 0. The normalized spacial score (nSPS) is 29.4. The molecule has 4 rings (SSSR count). The van der Waals surface area contributed by atoms with Crippen LogP contribution in [0.4, 0.5) is 0 Å². The topological polar surface area (TPSA) is 75.4 Å². The lowest BCUT2D eigenvalue weighted by Gasteiger charge is -2.35. The van der Waals surface area contributed by atoms with E-state index in [9.17, 15) is 9.59 Å². The van der Waals surface area contributed by atoms with Crippen LogP contribution in [0, 0.1) is 24.7 Å². The van der Waals surface area contributed by atoms with E-state index in [2.05, 4.69) is 17.3 Å². The van der Waals surface area contributed by atoms with Crippen molar-refractivity contribution in [2.45, 2.75) is 38.6 Å². The minimum absolute atomic E-state index is 0.182. The largest absolute Gasteiger partial charge is 0.478 e. The van der Waals surface area contributed by atoms with E-state index < -0.39 is 5.97 Å². The summed E-state index contributed by atoms with van der Waals surface area (Å²) in [5.41, 5.74) is 0.966. The van der Waals surface area contributed by atoms with Crippen LogP contribution in [0.5, 0.6) is 0 Å². The molecule has 1 saturated carbocycles. The summed E-state index contributed by atoms with van der Waals surface area (Å²) < 4.78 is 1.82. The molecule has 1 aliphatic heterocycles. The highest BCUT2D eigenvalue weighted by Crippen LogP contribution is 2.44. The number of piperidine rings is 1. The molecule has 1 N–H and O–H groups in total. The number of hydrogen-bond acceptors (Lipinski definition) is 3. The van der Waals surface area contributed by atoms with Crippen LogP contribution in [-0.4, -0.2) is 44.8 Å². The van der Waals surface area contributed by atoms with Gasteiger partial charge in [0.2, 0.25) is 5.91 Å². The predicted octanol–water partition coefficient (Wildman–Crippen LogP) is 2.27. The molecule has 0 aromatic carbocycles. The van der Waals surface area contributed by atoms with Crippen LogP contribution in [0.2, 0.25) is 0 Å². The zero-order chi connectivity index (χ0) is 16.8. The molecule has 128 valence electrons. The zero-order valence-electron chi connectivity index (χ0n) is 13.9. The molecule has 1 aromatic rings. The Kier molecular flexibility index (Phi) is 3.70. The highest BCUT2D eigenvalue weighted by molar-refractivity contribution is 5.88. The molecule has 2 bridgehead atoms. The van der Waals surface area contributed by atoms with Crippen LogP contribution >= 0.6 is 0 Å². The number of allylic oxidation sites excluding steroid dienone is 2. The van der Waals surface area contributed by atoms with Gasteiger partial charge >= 0.3 is 5.97 Å². The lowest BCUT2D eigenvalue weighted by molar-refractivity contribution is -0.137. The number of carboxylic acid groups (broad SMARTS) is 1. The van der Waals surface area contributed by atoms with Crippen LogP contribution in [0.25, 0.3) is 0 Å². The standard InChI is InChI=1S/C18H23N3O3/c1-11-16(18(23)24)10-19-21(11)14-4-6-20(7-5-14)17(22)15-9-12-2-3-13(15)8-12/h2-3,10,12-15H,4-9H2,1H3,(H,23,24). The molecule has 0 spiro atoms. The monoisotopic (exact) mass is 329 g/mol. The Hall–Kier alpha value is -2.11. The molecule has 3 aliphatic rings. The molecule has 1 amide bonds. The van der Waals surface area contributed by atoms with Crippen molar-refractivity contribution in [1.82, 2.24) is 14.7 Å². The van der Waals surface area contributed by atoms with E-state index in [0.29, 0.717) is 23.4 Å². The Bertz CT molecular complexity index is 700. The number of hydrogen-bond donors (Lipinski definition) is 1. The molecule has 2 heterocycles. The number of fused-ring (bicyclic) bond motifs is 2. The predicted molar refractivity (Wildman–Crippen MR) is 87.6 cm³/mol. The lowest BCUT2D eigenvalue weighted by atomic mass is 9.91. The third kappa shape index (κ3) is 2.44. The molecule has 3 unspecified atom stereocenters. The van der Waals surface area contributed by atoms with Crippen LogP contribution < -0.4 is 0 Å². The van der Waals surface area contributed by atoms with Crippen molar-refractivity contribution in [1.29, 1.82) is 0 Å². The second-order valence-electron chi connectivity index (χ2n) is 7.34. The maximum Gasteiger partial charge on any atom is 0.339 e. The van der Waals surface area contributed by atoms with E-state index >= 15 is 0 Å². The Labute approximate surface area is 141 Å². The minimum Gasteiger partial charge on any atom is -0.478 e. The fourth-order valence-electron chi connectivity index (χ4n) is 4.63. The van der Waals surface area contributed by atoms with Crippen LogP contribution in [0.1, 0.15) is 47.8 Å². The molecular weight excluding hydrogens is 306 g/mol. The maximum absolute atomic E-state index is 12.8. The maximum atomic E-state index is 12.8. The van der Waals surface area contributed by atoms with E-state index in [4.69, 9.17) is 5.11 Å². The Morgan fingerprint density at radius 1 is 1.21 bits per heavy atom. The Balaban J connectivity index is 1.39. The van der Waals surface area contributed by atoms with Gasteiger partial charge in [-0.25, -0.2) is 4.79 Å². The quantitative estimate of drug-likeness (QED) is 0.863. The molecule has 2 aliphatic carbocycles. The molecule has 1 saturated heterocycles. The van der Waals surface area contributed by atoms with Crippen molar-refractivity contribution in [3.05, 3.63) is 29.6 Å². The second-order valence-corrected chi connectivity index (χ2v) is 7.34. The number of rotatable bonds is 3. The van der Waals surface area contributed by atoms with Crippen molar-refractivity contribution >= 4 is 11.9 Å². The summed E-state index contributed by atoms with van der Waals surface area (Å²) >= 11 is 0.